The van der Waals surface area contributed by atoms with Crippen LogP contribution in [0.3, 0.4) is 0 Å². The van der Waals surface area contributed by atoms with Crippen LogP contribution in [0.4, 0.5) is 5.69 Å². The summed E-state index contributed by atoms with van der Waals surface area (Å²) in [5.74, 6) is 0.0307. The minimum atomic E-state index is -0.308. The number of morpholine rings is 1. The number of benzene rings is 1. The highest BCUT2D eigenvalue weighted by molar-refractivity contribution is 6.44. The Balaban J connectivity index is 1.50. The van der Waals surface area contributed by atoms with Crippen LogP contribution in [0.15, 0.2) is 18.2 Å². The van der Waals surface area contributed by atoms with Gasteiger partial charge in [0.25, 0.3) is 0 Å². The van der Waals surface area contributed by atoms with Crippen LogP contribution in [0.25, 0.3) is 0 Å². The summed E-state index contributed by atoms with van der Waals surface area (Å²) in [5, 5.41) is 3.61. The van der Waals surface area contributed by atoms with E-state index in [1.807, 2.05) is 18.7 Å². The van der Waals surface area contributed by atoms with Gasteiger partial charge in [-0.3, -0.25) is 19.4 Å². The standard InChI is InChI=1S/C20H28Cl2N4O3/c1-14(19(27)23-17-5-3-4-16(21)18(17)22)24-6-8-25(9-7-24)15(2)20(28)26-10-12-29-13-11-26/h3-5,14-15H,6-13H2,1-2H3,(H,23,27). The van der Waals surface area contributed by atoms with Gasteiger partial charge < -0.3 is 15.0 Å². The first-order valence-electron chi connectivity index (χ1n) is 9.98. The maximum Gasteiger partial charge on any atom is 0.241 e. The number of halogens is 2. The number of hydrogen-bond donors (Lipinski definition) is 1. The number of amides is 2. The lowest BCUT2D eigenvalue weighted by Crippen LogP contribution is -2.58. The molecule has 7 nitrogen and oxygen atoms in total. The van der Waals surface area contributed by atoms with Crippen molar-refractivity contribution in [2.45, 2.75) is 25.9 Å². The van der Waals surface area contributed by atoms with Gasteiger partial charge in [0.1, 0.15) is 0 Å². The molecule has 0 saturated carbocycles. The summed E-state index contributed by atoms with van der Waals surface area (Å²) in [5.41, 5.74) is 0.513. The molecule has 2 saturated heterocycles. The molecule has 2 unspecified atom stereocenters. The number of ether oxygens (including phenoxy) is 1. The Labute approximate surface area is 181 Å². The van der Waals surface area contributed by atoms with Crippen molar-refractivity contribution in [2.24, 2.45) is 0 Å². The second-order valence-electron chi connectivity index (χ2n) is 7.45. The van der Waals surface area contributed by atoms with Crippen molar-refractivity contribution in [1.82, 2.24) is 14.7 Å². The van der Waals surface area contributed by atoms with Crippen LogP contribution >= 0.6 is 23.2 Å². The van der Waals surface area contributed by atoms with Gasteiger partial charge in [-0.25, -0.2) is 0 Å². The lowest BCUT2D eigenvalue weighted by Gasteiger charge is -2.41. The first-order chi connectivity index (χ1) is 13.9. The molecule has 2 fully saturated rings. The largest absolute Gasteiger partial charge is 0.378 e. The Morgan fingerprint density at radius 2 is 1.55 bits per heavy atom. The van der Waals surface area contributed by atoms with Gasteiger partial charge in [0, 0.05) is 39.3 Å². The SMILES string of the molecule is CC(C(=O)Nc1cccc(Cl)c1Cl)N1CCN(C(C)C(=O)N2CCOCC2)CC1. The van der Waals surface area contributed by atoms with Crippen LogP contribution in [0.2, 0.25) is 10.0 Å². The summed E-state index contributed by atoms with van der Waals surface area (Å²) in [6, 6.07) is 4.69. The Kier molecular flexibility index (Phi) is 7.76. The molecule has 2 aliphatic rings. The number of nitrogens with zero attached hydrogens (tertiary/aromatic N) is 3. The number of anilines is 1. The molecule has 0 spiro atoms. The lowest BCUT2D eigenvalue weighted by molar-refractivity contribution is -0.141. The van der Waals surface area contributed by atoms with Gasteiger partial charge >= 0.3 is 0 Å². The molecule has 2 heterocycles. The molecule has 160 valence electrons. The highest BCUT2D eigenvalue weighted by atomic mass is 35.5. The third kappa shape index (κ3) is 5.41. The number of carbonyl (C=O) groups excluding carboxylic acids is 2. The second kappa shape index (κ2) is 10.1. The van der Waals surface area contributed by atoms with Crippen LogP contribution < -0.4 is 5.32 Å². The van der Waals surface area contributed by atoms with E-state index < -0.39 is 0 Å². The summed E-state index contributed by atoms with van der Waals surface area (Å²) >= 11 is 12.2. The predicted octanol–water partition coefficient (Wildman–Crippen LogP) is 2.19. The minimum Gasteiger partial charge on any atom is -0.378 e. The molecule has 2 aliphatic heterocycles. The Morgan fingerprint density at radius 1 is 0.966 bits per heavy atom. The van der Waals surface area contributed by atoms with Crippen LogP contribution in [0, 0.1) is 0 Å². The van der Waals surface area contributed by atoms with Gasteiger partial charge in [0.2, 0.25) is 11.8 Å². The molecule has 0 aliphatic carbocycles. The van der Waals surface area contributed by atoms with Crippen molar-refractivity contribution in [3.63, 3.8) is 0 Å². The van der Waals surface area contributed by atoms with Crippen LogP contribution in [0.5, 0.6) is 0 Å². The van der Waals surface area contributed by atoms with Gasteiger partial charge in [-0.2, -0.15) is 0 Å². The summed E-state index contributed by atoms with van der Waals surface area (Å²) in [4.78, 5) is 31.6. The average Bonchev–Trinajstić information content (AvgIpc) is 2.76. The third-order valence-corrected chi connectivity index (χ3v) is 6.53. The molecule has 2 atom stereocenters. The molecule has 29 heavy (non-hydrogen) atoms. The van der Waals surface area contributed by atoms with Gasteiger partial charge in [0.15, 0.2) is 0 Å². The molecule has 1 N–H and O–H groups in total. The molecular formula is C20H28Cl2N4O3. The zero-order valence-electron chi connectivity index (χ0n) is 16.9. The molecule has 0 bridgehead atoms. The lowest BCUT2D eigenvalue weighted by atomic mass is 10.1. The fraction of sp³-hybridized carbons (Fsp3) is 0.600. The molecule has 0 radical (unpaired) electrons. The van der Waals surface area contributed by atoms with Crippen molar-refractivity contribution >= 4 is 40.7 Å². The van der Waals surface area contributed by atoms with E-state index in [2.05, 4.69) is 15.1 Å². The fourth-order valence-corrected chi connectivity index (χ4v) is 4.07. The summed E-state index contributed by atoms with van der Waals surface area (Å²) in [6.07, 6.45) is 0. The maximum absolute atomic E-state index is 12.7. The van der Waals surface area contributed by atoms with Crippen molar-refractivity contribution in [1.29, 1.82) is 0 Å². The normalized spacial score (nSPS) is 20.9. The van der Waals surface area contributed by atoms with E-state index in [4.69, 9.17) is 27.9 Å². The van der Waals surface area contributed by atoms with Crippen molar-refractivity contribution in [2.75, 3.05) is 57.8 Å². The Morgan fingerprint density at radius 3 is 2.17 bits per heavy atom. The zero-order valence-corrected chi connectivity index (χ0v) is 18.4. The third-order valence-electron chi connectivity index (χ3n) is 5.71. The van der Waals surface area contributed by atoms with E-state index in [9.17, 15) is 9.59 Å². The van der Waals surface area contributed by atoms with E-state index in [1.165, 1.54) is 0 Å². The van der Waals surface area contributed by atoms with Crippen molar-refractivity contribution in [3.8, 4) is 0 Å². The maximum atomic E-state index is 12.7. The number of nitrogens with one attached hydrogen (secondary N) is 1. The summed E-state index contributed by atoms with van der Waals surface area (Å²) in [6.45, 7) is 9.30. The monoisotopic (exact) mass is 442 g/mol. The first-order valence-corrected chi connectivity index (χ1v) is 10.7. The molecule has 2 amide bonds. The minimum absolute atomic E-state index is 0.125. The predicted molar refractivity (Wildman–Crippen MR) is 115 cm³/mol. The van der Waals surface area contributed by atoms with E-state index in [0.717, 1.165) is 26.2 Å². The topological polar surface area (TPSA) is 65.1 Å². The van der Waals surface area contributed by atoms with Crippen molar-refractivity contribution < 1.29 is 14.3 Å². The zero-order chi connectivity index (χ0) is 21.0. The van der Waals surface area contributed by atoms with Gasteiger partial charge in [-0.1, -0.05) is 29.3 Å². The molecule has 1 aromatic rings. The molecule has 9 heteroatoms. The molecule has 3 rings (SSSR count). The van der Waals surface area contributed by atoms with Crippen LogP contribution in [-0.4, -0.2) is 91.1 Å². The average molecular weight is 443 g/mol. The number of rotatable bonds is 5. The quantitative estimate of drug-likeness (QED) is 0.756. The van der Waals surface area contributed by atoms with Crippen LogP contribution in [-0.2, 0) is 14.3 Å². The van der Waals surface area contributed by atoms with E-state index >= 15 is 0 Å². The van der Waals surface area contributed by atoms with Crippen LogP contribution in [0.1, 0.15) is 13.8 Å². The van der Waals surface area contributed by atoms with Gasteiger partial charge in [-0.15, -0.1) is 0 Å². The second-order valence-corrected chi connectivity index (χ2v) is 8.24. The Bertz CT molecular complexity index is 734. The smallest absolute Gasteiger partial charge is 0.241 e. The Hall–Kier alpha value is -1.38. The van der Waals surface area contributed by atoms with Gasteiger partial charge in [0.05, 0.1) is 41.0 Å². The van der Waals surface area contributed by atoms with E-state index in [0.29, 0.717) is 42.0 Å². The van der Waals surface area contributed by atoms with Crippen molar-refractivity contribution in [3.05, 3.63) is 28.2 Å². The number of hydrogen-bond acceptors (Lipinski definition) is 5. The highest BCUT2D eigenvalue weighted by Crippen LogP contribution is 2.29. The molecule has 1 aromatic carbocycles. The summed E-state index contributed by atoms with van der Waals surface area (Å²) in [7, 11) is 0. The highest BCUT2D eigenvalue weighted by Gasteiger charge is 2.32. The molecule has 0 aromatic heterocycles. The first kappa shape index (κ1) is 22.3. The van der Waals surface area contributed by atoms with Gasteiger partial charge in [-0.05, 0) is 26.0 Å². The number of piperazine rings is 1. The van der Waals surface area contributed by atoms with E-state index in [1.54, 1.807) is 18.2 Å². The number of carbonyl (C=O) groups is 2. The molecular weight excluding hydrogens is 415 g/mol. The summed E-state index contributed by atoms with van der Waals surface area (Å²) < 4.78 is 5.33. The van der Waals surface area contributed by atoms with E-state index in [-0.39, 0.29) is 23.9 Å². The fourth-order valence-electron chi connectivity index (χ4n) is 3.72.